The third kappa shape index (κ3) is 3.39. The minimum Gasteiger partial charge on any atom is -0.394 e. The average molecular weight is 295 g/mol. The van der Waals surface area contributed by atoms with Crippen molar-refractivity contribution < 1.29 is 29.9 Å². The van der Waals surface area contributed by atoms with Crippen molar-refractivity contribution in [1.29, 1.82) is 5.26 Å². The van der Waals surface area contributed by atoms with Gasteiger partial charge in [0.05, 0.1) is 12.7 Å². The SMILES string of the molecule is N#C[C@@H](O[C@H]1O[C@@H](CO)[C@H](O)[C@@H](O)[C@@H]1O)c1ccccc1. The highest BCUT2D eigenvalue weighted by Crippen LogP contribution is 2.27. The molecule has 0 amide bonds. The fourth-order valence-electron chi connectivity index (χ4n) is 2.13. The summed E-state index contributed by atoms with van der Waals surface area (Å²) in [6.07, 6.45) is -7.91. The summed E-state index contributed by atoms with van der Waals surface area (Å²) in [7, 11) is 0. The lowest BCUT2D eigenvalue weighted by molar-refractivity contribution is -0.307. The summed E-state index contributed by atoms with van der Waals surface area (Å²) in [6.45, 7) is -0.548. The molecule has 0 radical (unpaired) electrons. The quantitative estimate of drug-likeness (QED) is 0.565. The van der Waals surface area contributed by atoms with Crippen LogP contribution in [0.15, 0.2) is 30.3 Å². The Balaban J connectivity index is 2.12. The van der Waals surface area contributed by atoms with Crippen molar-refractivity contribution in [1.82, 2.24) is 0 Å². The van der Waals surface area contributed by atoms with E-state index in [0.29, 0.717) is 5.56 Å². The van der Waals surface area contributed by atoms with Gasteiger partial charge in [-0.3, -0.25) is 0 Å². The normalized spacial score (nSPS) is 34.1. The molecule has 21 heavy (non-hydrogen) atoms. The van der Waals surface area contributed by atoms with E-state index in [-0.39, 0.29) is 0 Å². The molecule has 0 aromatic heterocycles. The second kappa shape index (κ2) is 6.95. The van der Waals surface area contributed by atoms with Crippen molar-refractivity contribution in [2.24, 2.45) is 0 Å². The zero-order chi connectivity index (χ0) is 15.4. The van der Waals surface area contributed by atoms with Crippen LogP contribution in [0.2, 0.25) is 0 Å². The Hall–Kier alpha value is -1.53. The van der Waals surface area contributed by atoms with E-state index in [9.17, 15) is 15.3 Å². The van der Waals surface area contributed by atoms with Gasteiger partial charge in [0.25, 0.3) is 0 Å². The van der Waals surface area contributed by atoms with Crippen LogP contribution < -0.4 is 0 Å². The summed E-state index contributed by atoms with van der Waals surface area (Å²) in [5.74, 6) is 0. The van der Waals surface area contributed by atoms with E-state index < -0.39 is 43.4 Å². The van der Waals surface area contributed by atoms with Gasteiger partial charge in [0, 0.05) is 0 Å². The van der Waals surface area contributed by atoms with Crippen LogP contribution >= 0.6 is 0 Å². The molecule has 6 atom stereocenters. The van der Waals surface area contributed by atoms with Gasteiger partial charge >= 0.3 is 0 Å². The Bertz CT molecular complexity index is 488. The molecule has 7 nitrogen and oxygen atoms in total. The Morgan fingerprint density at radius 3 is 2.38 bits per heavy atom. The average Bonchev–Trinajstić information content (AvgIpc) is 2.53. The van der Waals surface area contributed by atoms with Crippen molar-refractivity contribution in [2.45, 2.75) is 36.8 Å². The van der Waals surface area contributed by atoms with Gasteiger partial charge in [0.1, 0.15) is 24.4 Å². The molecular weight excluding hydrogens is 278 g/mol. The number of ether oxygens (including phenoxy) is 2. The van der Waals surface area contributed by atoms with Crippen LogP contribution in [0, 0.1) is 11.3 Å². The molecule has 0 aliphatic carbocycles. The molecule has 1 aliphatic rings. The smallest absolute Gasteiger partial charge is 0.188 e. The van der Waals surface area contributed by atoms with Crippen LogP contribution in [0.25, 0.3) is 0 Å². The molecule has 4 N–H and O–H groups in total. The fourth-order valence-corrected chi connectivity index (χ4v) is 2.13. The van der Waals surface area contributed by atoms with Gasteiger partial charge in [-0.25, -0.2) is 0 Å². The minimum absolute atomic E-state index is 0.548. The van der Waals surface area contributed by atoms with Gasteiger partial charge in [-0.05, 0) is 5.56 Å². The van der Waals surface area contributed by atoms with E-state index in [2.05, 4.69) is 0 Å². The molecule has 7 heteroatoms. The van der Waals surface area contributed by atoms with Crippen LogP contribution in [0.1, 0.15) is 11.7 Å². The molecule has 0 saturated carbocycles. The van der Waals surface area contributed by atoms with Gasteiger partial charge in [0.2, 0.25) is 0 Å². The summed E-state index contributed by atoms with van der Waals surface area (Å²) in [5, 5.41) is 47.5. The lowest BCUT2D eigenvalue weighted by atomic mass is 9.99. The van der Waals surface area contributed by atoms with Crippen molar-refractivity contribution in [3.8, 4) is 6.07 Å². The molecule has 1 aromatic carbocycles. The Morgan fingerprint density at radius 2 is 1.81 bits per heavy atom. The predicted octanol–water partition coefficient (Wildman–Crippen LogP) is -0.932. The van der Waals surface area contributed by atoms with Crippen LogP contribution in [-0.2, 0) is 9.47 Å². The number of aliphatic hydroxyl groups is 4. The number of nitriles is 1. The maximum Gasteiger partial charge on any atom is 0.188 e. The zero-order valence-electron chi connectivity index (χ0n) is 11.1. The van der Waals surface area contributed by atoms with Gasteiger partial charge in [0.15, 0.2) is 12.4 Å². The fraction of sp³-hybridized carbons (Fsp3) is 0.500. The standard InChI is InChI=1S/C14H17NO6/c15-6-9(8-4-2-1-3-5-8)20-14-13(19)12(18)11(17)10(7-16)21-14/h1-5,9-14,16-19H,7H2/t9-,10+,11+,12-,13+,14+/m1/s1. The van der Waals surface area contributed by atoms with E-state index in [1.807, 2.05) is 6.07 Å². The number of hydrogen-bond acceptors (Lipinski definition) is 7. The third-order valence-corrected chi connectivity index (χ3v) is 3.34. The van der Waals surface area contributed by atoms with Gasteiger partial charge in [-0.2, -0.15) is 5.26 Å². The molecule has 0 bridgehead atoms. The number of benzene rings is 1. The van der Waals surface area contributed by atoms with Crippen molar-refractivity contribution in [2.75, 3.05) is 6.61 Å². The van der Waals surface area contributed by atoms with Crippen molar-refractivity contribution in [3.05, 3.63) is 35.9 Å². The first-order valence-electron chi connectivity index (χ1n) is 6.49. The molecule has 0 spiro atoms. The first kappa shape index (κ1) is 15.9. The first-order valence-corrected chi connectivity index (χ1v) is 6.49. The number of rotatable bonds is 4. The summed E-state index contributed by atoms with van der Waals surface area (Å²) in [4.78, 5) is 0. The molecule has 1 aliphatic heterocycles. The third-order valence-electron chi connectivity index (χ3n) is 3.34. The Labute approximate surface area is 121 Å². The van der Waals surface area contributed by atoms with Gasteiger partial charge in [-0.15, -0.1) is 0 Å². The number of aliphatic hydroxyl groups excluding tert-OH is 4. The van der Waals surface area contributed by atoms with Crippen LogP contribution in [0.4, 0.5) is 0 Å². The molecule has 0 unspecified atom stereocenters. The summed E-state index contributed by atoms with van der Waals surface area (Å²) in [6, 6.07) is 10.5. The maximum atomic E-state index is 9.86. The topological polar surface area (TPSA) is 123 Å². The second-order valence-corrected chi connectivity index (χ2v) is 4.75. The molecule has 114 valence electrons. The summed E-state index contributed by atoms with van der Waals surface area (Å²) < 4.78 is 10.6. The van der Waals surface area contributed by atoms with Gasteiger partial charge < -0.3 is 29.9 Å². The number of nitrogens with zero attached hydrogens (tertiary/aromatic N) is 1. The first-order chi connectivity index (χ1) is 10.1. The van der Waals surface area contributed by atoms with E-state index in [0.717, 1.165) is 0 Å². The summed E-state index contributed by atoms with van der Waals surface area (Å²) >= 11 is 0. The Kier molecular flexibility index (Phi) is 5.25. The summed E-state index contributed by atoms with van der Waals surface area (Å²) in [5.41, 5.74) is 0.567. The van der Waals surface area contributed by atoms with Gasteiger partial charge in [-0.1, -0.05) is 30.3 Å². The molecule has 1 heterocycles. The molecular formula is C14H17NO6. The van der Waals surface area contributed by atoms with E-state index in [1.165, 1.54) is 0 Å². The zero-order valence-corrected chi connectivity index (χ0v) is 11.1. The van der Waals surface area contributed by atoms with E-state index >= 15 is 0 Å². The highest BCUT2D eigenvalue weighted by molar-refractivity contribution is 5.22. The second-order valence-electron chi connectivity index (χ2n) is 4.75. The number of hydrogen-bond donors (Lipinski definition) is 4. The lowest BCUT2D eigenvalue weighted by Gasteiger charge is -2.40. The van der Waals surface area contributed by atoms with Crippen molar-refractivity contribution >= 4 is 0 Å². The van der Waals surface area contributed by atoms with E-state index in [1.54, 1.807) is 30.3 Å². The predicted molar refractivity (Wildman–Crippen MR) is 69.6 cm³/mol. The van der Waals surface area contributed by atoms with Crippen molar-refractivity contribution in [3.63, 3.8) is 0 Å². The highest BCUT2D eigenvalue weighted by Gasteiger charge is 2.44. The molecule has 1 aromatic rings. The molecule has 2 rings (SSSR count). The van der Waals surface area contributed by atoms with E-state index in [4.69, 9.17) is 19.8 Å². The maximum absolute atomic E-state index is 9.86. The molecule has 1 fully saturated rings. The monoisotopic (exact) mass is 295 g/mol. The van der Waals surface area contributed by atoms with Crippen LogP contribution in [0.5, 0.6) is 0 Å². The van der Waals surface area contributed by atoms with Crippen LogP contribution in [0.3, 0.4) is 0 Å². The largest absolute Gasteiger partial charge is 0.394 e. The minimum atomic E-state index is -1.53. The highest BCUT2D eigenvalue weighted by atomic mass is 16.7. The molecule has 1 saturated heterocycles. The lowest BCUT2D eigenvalue weighted by Crippen LogP contribution is -2.59. The Morgan fingerprint density at radius 1 is 1.14 bits per heavy atom. The van der Waals surface area contributed by atoms with Crippen LogP contribution in [-0.4, -0.2) is 57.7 Å².